The van der Waals surface area contributed by atoms with Gasteiger partial charge in [-0.15, -0.1) is 0 Å². The average molecular weight is 494 g/mol. The van der Waals surface area contributed by atoms with Crippen LogP contribution in [0.4, 0.5) is 0 Å². The molecule has 0 heterocycles. The van der Waals surface area contributed by atoms with Crippen molar-refractivity contribution in [1.29, 1.82) is 0 Å². The van der Waals surface area contributed by atoms with Crippen molar-refractivity contribution in [3.63, 3.8) is 0 Å². The molecule has 0 aromatic heterocycles. The Bertz CT molecular complexity index is 725. The van der Waals surface area contributed by atoms with Crippen LogP contribution in [0.5, 0.6) is 0 Å². The minimum absolute atomic E-state index is 0.0364. The van der Waals surface area contributed by atoms with Gasteiger partial charge in [0.25, 0.3) is 0 Å². The molecular weight excluding hydrogens is 466 g/mol. The molecule has 0 saturated heterocycles. The fraction of sp³-hybridized carbons (Fsp3) is 0.348. The third-order valence-corrected chi connectivity index (χ3v) is 9.19. The SMILES string of the molecule is CCCCCC([Se]c1ccccc1)=C([Se]c1ccccc1)C(=O)OC(C)C. The topological polar surface area (TPSA) is 26.3 Å². The second-order valence-electron chi connectivity index (χ2n) is 6.49. The number of esters is 1. The monoisotopic (exact) mass is 496 g/mol. The van der Waals surface area contributed by atoms with Crippen LogP contribution >= 0.6 is 0 Å². The molecule has 4 heteroatoms. The number of ether oxygens (including phenoxy) is 1. The molecule has 2 aromatic carbocycles. The van der Waals surface area contributed by atoms with Gasteiger partial charge in [-0.2, -0.15) is 0 Å². The van der Waals surface area contributed by atoms with Crippen molar-refractivity contribution in [3.05, 3.63) is 69.6 Å². The van der Waals surface area contributed by atoms with Crippen LogP contribution in [0.25, 0.3) is 0 Å². The Kier molecular flexibility index (Phi) is 9.94. The van der Waals surface area contributed by atoms with E-state index in [2.05, 4.69) is 43.3 Å². The van der Waals surface area contributed by atoms with Crippen LogP contribution in [0, 0.1) is 0 Å². The van der Waals surface area contributed by atoms with Crippen molar-refractivity contribution in [2.24, 2.45) is 0 Å². The van der Waals surface area contributed by atoms with Crippen molar-refractivity contribution in [1.82, 2.24) is 0 Å². The van der Waals surface area contributed by atoms with Crippen molar-refractivity contribution in [2.75, 3.05) is 0 Å². The van der Waals surface area contributed by atoms with E-state index < -0.39 is 0 Å². The zero-order valence-corrected chi connectivity index (χ0v) is 19.7. The minimum atomic E-state index is -0.127. The zero-order chi connectivity index (χ0) is 19.5. The van der Waals surface area contributed by atoms with Crippen molar-refractivity contribution in [3.8, 4) is 0 Å². The third-order valence-electron chi connectivity index (χ3n) is 3.74. The summed E-state index contributed by atoms with van der Waals surface area (Å²) in [4.78, 5) is 13.0. The second kappa shape index (κ2) is 12.2. The number of carbonyl (C=O) groups excluding carboxylic acids is 1. The van der Waals surface area contributed by atoms with E-state index in [1.54, 1.807) is 0 Å². The molecule has 0 aliphatic rings. The van der Waals surface area contributed by atoms with Crippen LogP contribution in [0.3, 0.4) is 0 Å². The predicted molar refractivity (Wildman–Crippen MR) is 116 cm³/mol. The van der Waals surface area contributed by atoms with E-state index >= 15 is 0 Å². The van der Waals surface area contributed by atoms with Crippen LogP contribution in [-0.2, 0) is 9.53 Å². The molecule has 0 unspecified atom stereocenters. The fourth-order valence-electron chi connectivity index (χ4n) is 2.46. The Hall–Kier alpha value is -1.31. The Balaban J connectivity index is 2.38. The first kappa shape index (κ1) is 22.0. The molecule has 2 rings (SSSR count). The normalized spacial score (nSPS) is 12.0. The molecule has 0 radical (unpaired) electrons. The summed E-state index contributed by atoms with van der Waals surface area (Å²) >= 11 is 0.113. The third kappa shape index (κ3) is 8.07. The van der Waals surface area contributed by atoms with Gasteiger partial charge in [0.1, 0.15) is 0 Å². The molecule has 0 saturated carbocycles. The quantitative estimate of drug-likeness (QED) is 0.218. The van der Waals surface area contributed by atoms with Gasteiger partial charge in [-0.05, 0) is 0 Å². The molecule has 0 amide bonds. The maximum atomic E-state index is 13.0. The fourth-order valence-corrected chi connectivity index (χ4v) is 7.31. The summed E-state index contributed by atoms with van der Waals surface area (Å²) in [7, 11) is 0. The second-order valence-corrected chi connectivity index (χ2v) is 11.2. The number of rotatable bonds is 10. The number of carbonyl (C=O) groups is 1. The molecule has 144 valence electrons. The van der Waals surface area contributed by atoms with E-state index in [0.29, 0.717) is 0 Å². The van der Waals surface area contributed by atoms with E-state index in [0.717, 1.165) is 17.3 Å². The summed E-state index contributed by atoms with van der Waals surface area (Å²) in [6, 6.07) is 20.9. The maximum absolute atomic E-state index is 13.0. The summed E-state index contributed by atoms with van der Waals surface area (Å²) in [6.45, 7) is 6.06. The van der Waals surface area contributed by atoms with Gasteiger partial charge < -0.3 is 0 Å². The first-order valence-corrected chi connectivity index (χ1v) is 12.9. The van der Waals surface area contributed by atoms with Gasteiger partial charge in [-0.25, -0.2) is 0 Å². The summed E-state index contributed by atoms with van der Waals surface area (Å²) in [5, 5.41) is 0. The van der Waals surface area contributed by atoms with E-state index in [1.807, 2.05) is 38.1 Å². The van der Waals surface area contributed by atoms with E-state index in [-0.39, 0.29) is 42.0 Å². The Morgan fingerprint density at radius 3 is 1.96 bits per heavy atom. The first-order valence-electron chi connectivity index (χ1n) is 9.50. The molecular formula is C23H28O2Se2. The number of allylic oxidation sites excluding steroid dienone is 1. The van der Waals surface area contributed by atoms with Gasteiger partial charge in [0, 0.05) is 0 Å². The molecule has 0 aliphatic carbocycles. The number of hydrogen-bond acceptors (Lipinski definition) is 2. The summed E-state index contributed by atoms with van der Waals surface area (Å²) in [6.07, 6.45) is 4.39. The van der Waals surface area contributed by atoms with E-state index in [9.17, 15) is 4.79 Å². The molecule has 0 fully saturated rings. The molecule has 0 N–H and O–H groups in total. The Morgan fingerprint density at radius 1 is 0.889 bits per heavy atom. The van der Waals surface area contributed by atoms with Gasteiger partial charge in [0.15, 0.2) is 0 Å². The first-order chi connectivity index (χ1) is 13.1. The standard InChI is InChI=1S/C23H28O2Se2/c1-4-5-8-17-21(26-19-13-9-6-10-14-19)22(23(24)25-18(2)3)27-20-15-11-7-12-16-20/h6-7,9-16,18H,4-5,8,17H2,1-3H3. The summed E-state index contributed by atoms with van der Waals surface area (Å²) in [5.74, 6) is -0.127. The van der Waals surface area contributed by atoms with Crippen molar-refractivity contribution >= 4 is 44.8 Å². The Labute approximate surface area is 176 Å². The van der Waals surface area contributed by atoms with Crippen LogP contribution in [0.2, 0.25) is 0 Å². The number of benzene rings is 2. The van der Waals surface area contributed by atoms with E-state index in [1.165, 1.54) is 26.2 Å². The van der Waals surface area contributed by atoms with Gasteiger partial charge in [-0.3, -0.25) is 0 Å². The van der Waals surface area contributed by atoms with Crippen LogP contribution in [0.1, 0.15) is 46.5 Å². The van der Waals surface area contributed by atoms with Crippen LogP contribution < -0.4 is 8.92 Å². The van der Waals surface area contributed by atoms with Crippen LogP contribution in [0.15, 0.2) is 69.6 Å². The van der Waals surface area contributed by atoms with Crippen LogP contribution in [-0.4, -0.2) is 42.0 Å². The average Bonchev–Trinajstić information content (AvgIpc) is 2.66. The molecule has 0 atom stereocenters. The van der Waals surface area contributed by atoms with Crippen molar-refractivity contribution < 1.29 is 9.53 Å². The molecule has 27 heavy (non-hydrogen) atoms. The van der Waals surface area contributed by atoms with Crippen molar-refractivity contribution in [2.45, 2.75) is 52.6 Å². The van der Waals surface area contributed by atoms with Gasteiger partial charge in [0.05, 0.1) is 0 Å². The Morgan fingerprint density at radius 2 is 1.44 bits per heavy atom. The molecule has 0 bridgehead atoms. The van der Waals surface area contributed by atoms with E-state index in [4.69, 9.17) is 4.74 Å². The summed E-state index contributed by atoms with van der Waals surface area (Å²) < 4.78 is 10.4. The van der Waals surface area contributed by atoms with Gasteiger partial charge in [0.2, 0.25) is 0 Å². The molecule has 0 aliphatic heterocycles. The molecule has 2 nitrogen and oxygen atoms in total. The molecule has 0 spiro atoms. The summed E-state index contributed by atoms with van der Waals surface area (Å²) in [5.41, 5.74) is 0. The van der Waals surface area contributed by atoms with Gasteiger partial charge >= 0.3 is 177 Å². The number of hydrogen-bond donors (Lipinski definition) is 0. The molecule has 2 aromatic rings. The zero-order valence-electron chi connectivity index (χ0n) is 16.3. The number of unbranched alkanes of at least 4 members (excludes halogenated alkanes) is 2. The predicted octanol–water partition coefficient (Wildman–Crippen LogP) is 3.79. The van der Waals surface area contributed by atoms with Gasteiger partial charge in [-0.1, -0.05) is 0 Å².